The molecular weight excluding hydrogens is 328 g/mol. The first kappa shape index (κ1) is 16.1. The smallest absolute Gasteiger partial charge is 0.249 e. The normalized spacial score (nSPS) is 27.5. The van der Waals surface area contributed by atoms with Crippen molar-refractivity contribution in [2.24, 2.45) is 0 Å². The zero-order chi connectivity index (χ0) is 16.6. The van der Waals surface area contributed by atoms with Gasteiger partial charge in [0.05, 0.1) is 11.1 Å². The highest BCUT2D eigenvalue weighted by molar-refractivity contribution is 6.31. The molecule has 23 heavy (non-hydrogen) atoms. The monoisotopic (exact) mass is 343 g/mol. The second kappa shape index (κ2) is 6.41. The molecule has 0 saturated carbocycles. The van der Waals surface area contributed by atoms with E-state index < -0.39 is 24.1 Å². The van der Waals surface area contributed by atoms with Gasteiger partial charge in [0.25, 0.3) is 0 Å². The van der Waals surface area contributed by atoms with Crippen LogP contribution in [0.1, 0.15) is 12.8 Å². The van der Waals surface area contributed by atoms with Crippen LogP contribution in [0.25, 0.3) is 0 Å². The van der Waals surface area contributed by atoms with E-state index >= 15 is 0 Å². The van der Waals surface area contributed by atoms with Crippen molar-refractivity contribution in [3.05, 3.63) is 29.0 Å². The van der Waals surface area contributed by atoms with Crippen LogP contribution >= 0.6 is 11.6 Å². The molecule has 1 aromatic rings. The summed E-state index contributed by atoms with van der Waals surface area (Å²) < 4.78 is 26.3. The number of amides is 2. The summed E-state index contributed by atoms with van der Waals surface area (Å²) in [6.45, 7) is 0.548. The van der Waals surface area contributed by atoms with Crippen LogP contribution in [0.4, 0.5) is 14.5 Å². The largest absolute Gasteiger partial charge is 0.343 e. The number of alkyl halides is 1. The van der Waals surface area contributed by atoms with Gasteiger partial charge in [-0.05, 0) is 24.6 Å². The summed E-state index contributed by atoms with van der Waals surface area (Å²) in [6, 6.07) is 2.78. The van der Waals surface area contributed by atoms with Gasteiger partial charge in [-0.2, -0.15) is 0 Å². The van der Waals surface area contributed by atoms with Crippen LogP contribution < -0.4 is 15.5 Å². The summed E-state index contributed by atoms with van der Waals surface area (Å²) in [5, 5.41) is 5.37. The van der Waals surface area contributed by atoms with Crippen LogP contribution in [0, 0.1) is 5.82 Å². The summed E-state index contributed by atoms with van der Waals surface area (Å²) in [6.07, 6.45) is -0.488. The molecule has 2 N–H and O–H groups in total. The third-order valence-electron chi connectivity index (χ3n) is 4.13. The van der Waals surface area contributed by atoms with Gasteiger partial charge in [0.1, 0.15) is 18.0 Å². The minimum Gasteiger partial charge on any atom is -0.343 e. The van der Waals surface area contributed by atoms with E-state index in [0.717, 1.165) is 0 Å². The highest BCUT2D eigenvalue weighted by atomic mass is 35.5. The number of benzene rings is 1. The van der Waals surface area contributed by atoms with Gasteiger partial charge in [-0.1, -0.05) is 11.6 Å². The maximum absolute atomic E-state index is 13.2. The third kappa shape index (κ3) is 3.30. The highest BCUT2D eigenvalue weighted by Gasteiger charge is 2.36. The number of nitrogens with one attached hydrogen (secondary N) is 2. The first-order chi connectivity index (χ1) is 11.0. The number of carbonyl (C=O) groups is 2. The van der Waals surface area contributed by atoms with Crippen LogP contribution in [0.2, 0.25) is 5.02 Å². The van der Waals surface area contributed by atoms with E-state index in [1.54, 1.807) is 0 Å². The van der Waals surface area contributed by atoms with Crippen LogP contribution in [0.3, 0.4) is 0 Å². The first-order valence-corrected chi connectivity index (χ1v) is 7.78. The van der Waals surface area contributed by atoms with Crippen LogP contribution in [0.5, 0.6) is 0 Å². The van der Waals surface area contributed by atoms with Gasteiger partial charge in [-0.25, -0.2) is 8.78 Å². The van der Waals surface area contributed by atoms with Crippen molar-refractivity contribution in [3.63, 3.8) is 0 Å². The van der Waals surface area contributed by atoms with Crippen molar-refractivity contribution < 1.29 is 18.4 Å². The number of hydrogen-bond acceptors (Lipinski definition) is 3. The summed E-state index contributed by atoms with van der Waals surface area (Å²) in [4.78, 5) is 25.9. The molecule has 0 unspecified atom stereocenters. The first-order valence-electron chi connectivity index (χ1n) is 7.40. The Morgan fingerprint density at radius 2 is 2.22 bits per heavy atom. The number of anilines is 1. The maximum atomic E-state index is 13.2. The summed E-state index contributed by atoms with van der Waals surface area (Å²) in [7, 11) is 0. The van der Waals surface area contributed by atoms with Crippen molar-refractivity contribution in [2.45, 2.75) is 31.1 Å². The fraction of sp³-hybridized carbons (Fsp3) is 0.467. The maximum Gasteiger partial charge on any atom is 0.249 e. The molecule has 0 aromatic heterocycles. The Bertz CT molecular complexity index is 643. The van der Waals surface area contributed by atoms with Gasteiger partial charge in [0.15, 0.2) is 0 Å². The quantitative estimate of drug-likeness (QED) is 0.872. The van der Waals surface area contributed by atoms with Gasteiger partial charge < -0.3 is 15.5 Å². The Hall–Kier alpha value is -1.73. The molecule has 2 saturated heterocycles. The van der Waals surface area contributed by atoms with Crippen molar-refractivity contribution >= 4 is 29.1 Å². The molecular formula is C15H16ClF2N3O2. The lowest BCUT2D eigenvalue weighted by Crippen LogP contribution is -2.48. The van der Waals surface area contributed by atoms with Crippen LogP contribution in [0.15, 0.2) is 18.2 Å². The lowest BCUT2D eigenvalue weighted by molar-refractivity contribution is -0.127. The molecule has 0 radical (unpaired) electrons. The summed E-state index contributed by atoms with van der Waals surface area (Å²) >= 11 is 5.73. The minimum atomic E-state index is -1.04. The predicted octanol–water partition coefficient (Wildman–Crippen LogP) is 1.40. The van der Waals surface area contributed by atoms with E-state index in [1.807, 2.05) is 0 Å². The average Bonchev–Trinajstić information content (AvgIpc) is 3.09. The predicted molar refractivity (Wildman–Crippen MR) is 81.6 cm³/mol. The Labute approximate surface area is 137 Å². The van der Waals surface area contributed by atoms with Gasteiger partial charge >= 0.3 is 0 Å². The minimum absolute atomic E-state index is 0.0630. The zero-order valence-corrected chi connectivity index (χ0v) is 12.9. The number of rotatable bonds is 3. The van der Waals surface area contributed by atoms with E-state index in [-0.39, 0.29) is 29.8 Å². The number of hydrogen-bond donors (Lipinski definition) is 2. The second-order valence-corrected chi connectivity index (χ2v) is 6.14. The molecule has 124 valence electrons. The fourth-order valence-electron chi connectivity index (χ4n) is 2.89. The Kier molecular flexibility index (Phi) is 4.50. The molecule has 0 aliphatic carbocycles. The second-order valence-electron chi connectivity index (χ2n) is 5.73. The Balaban J connectivity index is 1.64. The third-order valence-corrected chi connectivity index (χ3v) is 4.42. The van der Waals surface area contributed by atoms with Gasteiger partial charge in [0, 0.05) is 25.2 Å². The number of halogens is 3. The Morgan fingerprint density at radius 1 is 1.43 bits per heavy atom. The average molecular weight is 344 g/mol. The molecule has 0 bridgehead atoms. The van der Waals surface area contributed by atoms with Crippen molar-refractivity contribution in [1.29, 1.82) is 0 Å². The molecule has 2 fully saturated rings. The number of nitrogens with zero attached hydrogens (tertiary/aromatic N) is 1. The lowest BCUT2D eigenvalue weighted by Gasteiger charge is -2.18. The molecule has 3 rings (SSSR count). The molecule has 1 aromatic carbocycles. The highest BCUT2D eigenvalue weighted by Crippen LogP contribution is 2.26. The van der Waals surface area contributed by atoms with Crippen molar-refractivity contribution in [2.75, 3.05) is 18.0 Å². The topological polar surface area (TPSA) is 61.4 Å². The van der Waals surface area contributed by atoms with Crippen molar-refractivity contribution in [3.8, 4) is 0 Å². The summed E-state index contributed by atoms with van der Waals surface area (Å²) in [5.74, 6) is -1.21. The molecule has 8 heteroatoms. The van der Waals surface area contributed by atoms with Crippen LogP contribution in [-0.2, 0) is 9.59 Å². The van der Waals surface area contributed by atoms with E-state index in [2.05, 4.69) is 10.6 Å². The molecule has 2 aliphatic heterocycles. The number of carbonyl (C=O) groups excluding carboxylic acids is 2. The molecule has 5 nitrogen and oxygen atoms in total. The standard InChI is InChI=1S/C15H16ClF2N3O2/c16-10-6-9(1-2-11(10)18)21-4-3-12(15(21)23)20-14(22)13-5-8(17)7-19-13/h1-2,6,8,12-13,19H,3-5,7H2,(H,20,22)/t8-,12-,13+/m0/s1. The molecule has 0 spiro atoms. The van der Waals surface area contributed by atoms with Gasteiger partial charge in [-0.3, -0.25) is 9.59 Å². The van der Waals surface area contributed by atoms with Crippen molar-refractivity contribution in [1.82, 2.24) is 10.6 Å². The van der Waals surface area contributed by atoms with E-state index in [1.165, 1.54) is 23.1 Å². The molecule has 3 atom stereocenters. The lowest BCUT2D eigenvalue weighted by atomic mass is 10.1. The fourth-order valence-corrected chi connectivity index (χ4v) is 3.06. The molecule has 2 heterocycles. The summed E-state index contributed by atoms with van der Waals surface area (Å²) in [5.41, 5.74) is 0.487. The zero-order valence-electron chi connectivity index (χ0n) is 12.2. The SMILES string of the molecule is O=C(N[C@H]1CCN(c2ccc(F)c(Cl)c2)C1=O)[C@H]1C[C@H](F)CN1. The molecule has 2 aliphatic rings. The van der Waals surface area contributed by atoms with Gasteiger partial charge in [-0.15, -0.1) is 0 Å². The Morgan fingerprint density at radius 3 is 2.87 bits per heavy atom. The molecule has 2 amide bonds. The van der Waals surface area contributed by atoms with Gasteiger partial charge in [0.2, 0.25) is 11.8 Å². The van der Waals surface area contributed by atoms with E-state index in [9.17, 15) is 18.4 Å². The van der Waals surface area contributed by atoms with E-state index in [0.29, 0.717) is 18.7 Å². The van der Waals surface area contributed by atoms with Crippen LogP contribution in [-0.4, -0.2) is 43.2 Å². The van der Waals surface area contributed by atoms with E-state index in [4.69, 9.17) is 11.6 Å².